The minimum Gasteiger partial charge on any atom is -0.279 e. The third-order valence-corrected chi connectivity index (χ3v) is 2.29. The first-order valence-corrected chi connectivity index (χ1v) is 4.89. The average Bonchev–Trinajstić information content (AvgIpc) is 2.76. The van der Waals surface area contributed by atoms with Crippen LogP contribution in [-0.4, -0.2) is 14.5 Å². The summed E-state index contributed by atoms with van der Waals surface area (Å²) in [6.07, 6.45) is -0.166. The number of pyridine rings is 1. The zero-order chi connectivity index (χ0) is 13.3. The second-order valence-electron chi connectivity index (χ2n) is 3.21. The molecule has 0 unspecified atom stereocenters. The smallest absolute Gasteiger partial charge is 0.279 e. The van der Waals surface area contributed by atoms with Crippen LogP contribution in [0, 0.1) is 17.5 Å². The zero-order valence-electron chi connectivity index (χ0n) is 8.53. The Morgan fingerprint density at radius 2 is 2.11 bits per heavy atom. The van der Waals surface area contributed by atoms with E-state index in [1.165, 1.54) is 6.33 Å². The first-order valence-electron chi connectivity index (χ1n) is 4.51. The van der Waals surface area contributed by atoms with Crippen molar-refractivity contribution in [1.29, 1.82) is 5.26 Å². The minimum atomic E-state index is -4.51. The maximum Gasteiger partial charge on any atom is 0.417 e. The molecule has 0 bridgehead atoms. The predicted molar refractivity (Wildman–Crippen MR) is 54.9 cm³/mol. The summed E-state index contributed by atoms with van der Waals surface area (Å²) in [5, 5.41) is 8.35. The van der Waals surface area contributed by atoms with Gasteiger partial charge in [0.15, 0.2) is 11.5 Å². The Labute approximate surface area is 104 Å². The van der Waals surface area contributed by atoms with Crippen LogP contribution in [0.1, 0.15) is 11.3 Å². The van der Waals surface area contributed by atoms with Crippen molar-refractivity contribution in [2.45, 2.75) is 6.18 Å². The van der Waals surface area contributed by atoms with E-state index in [-0.39, 0.29) is 16.5 Å². The Morgan fingerprint density at radius 3 is 2.61 bits per heavy atom. The van der Waals surface area contributed by atoms with Crippen molar-refractivity contribution < 1.29 is 13.2 Å². The van der Waals surface area contributed by atoms with E-state index in [0.717, 1.165) is 10.6 Å². The van der Waals surface area contributed by atoms with Crippen LogP contribution < -0.4 is 0 Å². The molecule has 2 aromatic heterocycles. The summed E-state index contributed by atoms with van der Waals surface area (Å²) in [4.78, 5) is 7.24. The molecule has 2 rings (SSSR count). The van der Waals surface area contributed by atoms with E-state index >= 15 is 0 Å². The molecule has 0 aliphatic heterocycles. The normalized spacial score (nSPS) is 11.3. The summed E-state index contributed by atoms with van der Waals surface area (Å²) in [5.74, 6) is 0.0265. The fraction of sp³-hybridized carbons (Fsp3) is 0.100. The third-order valence-electron chi connectivity index (χ3n) is 2.01. The molecule has 2 heterocycles. The monoisotopic (exact) mass is 271 g/mol. The van der Waals surface area contributed by atoms with Crippen LogP contribution in [0.2, 0.25) is 5.02 Å². The summed E-state index contributed by atoms with van der Waals surface area (Å²) >= 11 is 5.71. The van der Waals surface area contributed by atoms with Gasteiger partial charge in [-0.1, -0.05) is 11.6 Å². The first kappa shape index (κ1) is 12.4. The Bertz CT molecular complexity index is 627. The molecule has 4 nitrogen and oxygen atoms in total. The highest BCUT2D eigenvalue weighted by atomic mass is 35.5. The van der Waals surface area contributed by atoms with Crippen LogP contribution in [0.4, 0.5) is 13.2 Å². The number of imidazole rings is 1. The van der Waals surface area contributed by atoms with E-state index in [1.807, 2.05) is 0 Å². The van der Waals surface area contributed by atoms with E-state index in [9.17, 15) is 13.2 Å². The molecule has 1 radical (unpaired) electrons. The lowest BCUT2D eigenvalue weighted by Gasteiger charge is -2.08. The third kappa shape index (κ3) is 2.28. The Morgan fingerprint density at radius 1 is 1.39 bits per heavy atom. The second-order valence-corrected chi connectivity index (χ2v) is 3.62. The zero-order valence-corrected chi connectivity index (χ0v) is 9.29. The van der Waals surface area contributed by atoms with Crippen LogP contribution >= 0.6 is 11.6 Å². The molecule has 0 saturated heterocycles. The van der Waals surface area contributed by atoms with Gasteiger partial charge < -0.3 is 0 Å². The van der Waals surface area contributed by atoms with Crippen molar-refractivity contribution in [2.75, 3.05) is 0 Å². The van der Waals surface area contributed by atoms with Crippen LogP contribution in [0.25, 0.3) is 5.82 Å². The van der Waals surface area contributed by atoms with Crippen LogP contribution in [0.5, 0.6) is 0 Å². The maximum atomic E-state index is 12.4. The van der Waals surface area contributed by atoms with Crippen molar-refractivity contribution in [3.63, 3.8) is 0 Å². The maximum absolute atomic E-state index is 12.4. The highest BCUT2D eigenvalue weighted by molar-refractivity contribution is 6.32. The van der Waals surface area contributed by atoms with Crippen molar-refractivity contribution in [3.8, 4) is 11.9 Å². The van der Waals surface area contributed by atoms with Gasteiger partial charge in [0.1, 0.15) is 18.6 Å². The van der Waals surface area contributed by atoms with Gasteiger partial charge in [0.05, 0.1) is 10.6 Å². The number of halogens is 4. The highest BCUT2D eigenvalue weighted by Gasteiger charge is 2.31. The van der Waals surface area contributed by atoms with Gasteiger partial charge in [-0.2, -0.15) is 18.4 Å². The first-order chi connectivity index (χ1) is 8.41. The SMILES string of the molecule is N#Cc1[c]n(-c2ncc(C(F)(F)F)cc2Cl)cn1. The predicted octanol–water partition coefficient (Wildman–Crippen LogP) is 2.61. The lowest BCUT2D eigenvalue weighted by molar-refractivity contribution is -0.137. The molecule has 0 saturated carbocycles. The molecule has 0 fully saturated rings. The van der Waals surface area contributed by atoms with E-state index < -0.39 is 11.7 Å². The molecule has 0 aliphatic rings. The van der Waals surface area contributed by atoms with E-state index in [0.29, 0.717) is 6.20 Å². The topological polar surface area (TPSA) is 54.5 Å². The number of hydrogen-bond donors (Lipinski definition) is 0. The van der Waals surface area contributed by atoms with Crippen LogP contribution in [0.15, 0.2) is 18.6 Å². The summed E-state index contributed by atoms with van der Waals surface area (Å²) < 4.78 is 38.3. The lowest BCUT2D eigenvalue weighted by atomic mass is 10.3. The molecule has 8 heteroatoms. The van der Waals surface area contributed by atoms with E-state index in [1.54, 1.807) is 6.07 Å². The van der Waals surface area contributed by atoms with Gasteiger partial charge in [0.25, 0.3) is 0 Å². The van der Waals surface area contributed by atoms with Gasteiger partial charge in [0, 0.05) is 6.20 Å². The fourth-order valence-electron chi connectivity index (χ4n) is 1.21. The molecular weight excluding hydrogens is 269 g/mol. The second kappa shape index (κ2) is 4.31. The van der Waals surface area contributed by atoms with Gasteiger partial charge in [-0.25, -0.2) is 9.97 Å². The molecule has 0 atom stereocenters. The van der Waals surface area contributed by atoms with Gasteiger partial charge in [-0.15, -0.1) is 0 Å². The molecule has 91 valence electrons. The minimum absolute atomic E-state index is 0.00670. The van der Waals surface area contributed by atoms with Crippen molar-refractivity contribution >= 4 is 11.6 Å². The molecule has 0 amide bonds. The molecule has 0 aliphatic carbocycles. The number of alkyl halides is 3. The summed E-state index contributed by atoms with van der Waals surface area (Å²) in [5.41, 5.74) is -0.954. The van der Waals surface area contributed by atoms with Gasteiger partial charge in [-0.05, 0) is 6.07 Å². The number of hydrogen-bond acceptors (Lipinski definition) is 3. The average molecular weight is 272 g/mol. The van der Waals surface area contributed by atoms with Crippen molar-refractivity contribution in [2.24, 2.45) is 0 Å². The molecule has 0 spiro atoms. The Balaban J connectivity index is 2.45. The summed E-state index contributed by atoms with van der Waals surface area (Å²) in [6, 6.07) is 2.49. The standard InChI is InChI=1S/C10H3ClF3N4/c11-8-1-6(10(12,13)14)3-16-9(8)18-4-7(2-15)17-5-18/h1,3,5H. The highest BCUT2D eigenvalue weighted by Crippen LogP contribution is 2.31. The van der Waals surface area contributed by atoms with Crippen LogP contribution in [0.3, 0.4) is 0 Å². The van der Waals surface area contributed by atoms with Crippen molar-refractivity contribution in [1.82, 2.24) is 14.5 Å². The number of aromatic nitrogens is 3. The summed E-state index contributed by atoms with van der Waals surface area (Å²) in [6.45, 7) is 0. The molecular formula is C10H3ClF3N4. The fourth-order valence-corrected chi connectivity index (χ4v) is 1.47. The van der Waals surface area contributed by atoms with Gasteiger partial charge >= 0.3 is 6.18 Å². The quantitative estimate of drug-likeness (QED) is 0.801. The Hall–Kier alpha value is -2.07. The number of nitrogens with zero attached hydrogens (tertiary/aromatic N) is 4. The molecule has 2 aromatic rings. The van der Waals surface area contributed by atoms with Crippen molar-refractivity contribution in [3.05, 3.63) is 41.1 Å². The number of rotatable bonds is 1. The number of nitriles is 1. The van der Waals surface area contributed by atoms with Crippen LogP contribution in [-0.2, 0) is 6.18 Å². The van der Waals surface area contributed by atoms with Gasteiger partial charge in [0.2, 0.25) is 0 Å². The lowest BCUT2D eigenvalue weighted by Crippen LogP contribution is -2.07. The van der Waals surface area contributed by atoms with E-state index in [4.69, 9.17) is 16.9 Å². The van der Waals surface area contributed by atoms with E-state index in [2.05, 4.69) is 16.2 Å². The molecule has 18 heavy (non-hydrogen) atoms. The van der Waals surface area contributed by atoms with Gasteiger partial charge in [-0.3, -0.25) is 4.57 Å². The largest absolute Gasteiger partial charge is 0.417 e. The summed E-state index contributed by atoms with van der Waals surface area (Å²) in [7, 11) is 0. The molecule has 0 N–H and O–H groups in total. The Kier molecular flexibility index (Phi) is 2.97. The molecule has 0 aromatic carbocycles.